The van der Waals surface area contributed by atoms with Crippen LogP contribution in [0.2, 0.25) is 0 Å². The number of halogens is 1. The molecular formula is C9H11FN2O3. The Bertz CT molecular complexity index is 370. The summed E-state index contributed by atoms with van der Waals surface area (Å²) in [6, 6.07) is 2.64. The van der Waals surface area contributed by atoms with E-state index in [1.54, 1.807) is 0 Å². The predicted octanol–water partition coefficient (Wildman–Crippen LogP) is 1.12. The summed E-state index contributed by atoms with van der Waals surface area (Å²) in [5.74, 6) is -0.717. The molecule has 0 saturated carbocycles. The molecule has 3 N–H and O–H groups in total. The summed E-state index contributed by atoms with van der Waals surface area (Å²) >= 11 is 0. The predicted molar refractivity (Wildman–Crippen MR) is 51.7 cm³/mol. The Kier molecular flexibility index (Phi) is 3.70. The molecule has 6 heteroatoms. The van der Waals surface area contributed by atoms with Gasteiger partial charge in [-0.2, -0.15) is 0 Å². The molecule has 0 radical (unpaired) electrons. The molecule has 1 rings (SSSR count). The summed E-state index contributed by atoms with van der Waals surface area (Å²) in [6.07, 6.45) is 0.217. The van der Waals surface area contributed by atoms with E-state index in [4.69, 9.17) is 10.8 Å². The third-order valence-corrected chi connectivity index (χ3v) is 2.03. The Morgan fingerprint density at radius 2 is 2.27 bits per heavy atom. The Labute approximate surface area is 85.5 Å². The molecule has 0 aliphatic carbocycles. The molecule has 0 fully saturated rings. The second-order valence-electron chi connectivity index (χ2n) is 3.08. The maximum Gasteiger partial charge on any atom is 0.272 e. The van der Waals surface area contributed by atoms with Crippen molar-refractivity contribution >= 4 is 5.69 Å². The first-order valence-electron chi connectivity index (χ1n) is 4.36. The van der Waals surface area contributed by atoms with Gasteiger partial charge in [-0.3, -0.25) is 10.1 Å². The molecule has 1 unspecified atom stereocenters. The number of nitrogens with zero attached hydrogens (tertiary/aromatic N) is 1. The van der Waals surface area contributed by atoms with E-state index in [-0.39, 0.29) is 24.3 Å². The van der Waals surface area contributed by atoms with Crippen LogP contribution in [-0.4, -0.2) is 16.6 Å². The van der Waals surface area contributed by atoms with Gasteiger partial charge in [0.2, 0.25) is 0 Å². The van der Waals surface area contributed by atoms with Crippen LogP contribution in [0.4, 0.5) is 10.1 Å². The molecule has 1 aromatic rings. The molecule has 1 aromatic carbocycles. The molecule has 0 aliphatic rings. The third-order valence-electron chi connectivity index (χ3n) is 2.03. The van der Waals surface area contributed by atoms with E-state index < -0.39 is 16.8 Å². The second-order valence-corrected chi connectivity index (χ2v) is 3.08. The van der Waals surface area contributed by atoms with Gasteiger partial charge in [-0.1, -0.05) is 0 Å². The lowest BCUT2D eigenvalue weighted by atomic mass is 10.0. The van der Waals surface area contributed by atoms with E-state index in [1.165, 1.54) is 12.1 Å². The minimum absolute atomic E-state index is 0.155. The SMILES string of the molecule is NC(CCO)c1ccc([N+](=O)[O-])cc1F. The Morgan fingerprint density at radius 1 is 1.60 bits per heavy atom. The van der Waals surface area contributed by atoms with Crippen molar-refractivity contribution in [2.24, 2.45) is 5.73 Å². The fraction of sp³-hybridized carbons (Fsp3) is 0.333. The highest BCUT2D eigenvalue weighted by molar-refractivity contribution is 5.35. The van der Waals surface area contributed by atoms with E-state index in [0.717, 1.165) is 6.07 Å². The van der Waals surface area contributed by atoms with E-state index in [2.05, 4.69) is 0 Å². The molecule has 0 amide bonds. The number of nitro benzene ring substituents is 1. The number of hydrogen-bond acceptors (Lipinski definition) is 4. The topological polar surface area (TPSA) is 89.4 Å². The second kappa shape index (κ2) is 4.81. The summed E-state index contributed by atoms with van der Waals surface area (Å²) in [7, 11) is 0. The van der Waals surface area contributed by atoms with Gasteiger partial charge >= 0.3 is 0 Å². The maximum atomic E-state index is 13.3. The van der Waals surface area contributed by atoms with Crippen LogP contribution in [0.25, 0.3) is 0 Å². The lowest BCUT2D eigenvalue weighted by molar-refractivity contribution is -0.385. The molecule has 0 aromatic heterocycles. The minimum atomic E-state index is -0.717. The average molecular weight is 214 g/mol. The Hall–Kier alpha value is -1.53. The van der Waals surface area contributed by atoms with E-state index in [9.17, 15) is 14.5 Å². The minimum Gasteiger partial charge on any atom is -0.396 e. The van der Waals surface area contributed by atoms with Crippen molar-refractivity contribution in [2.45, 2.75) is 12.5 Å². The van der Waals surface area contributed by atoms with Gasteiger partial charge in [0.15, 0.2) is 0 Å². The van der Waals surface area contributed by atoms with Gasteiger partial charge in [-0.25, -0.2) is 4.39 Å². The zero-order chi connectivity index (χ0) is 11.4. The molecule has 0 heterocycles. The molecule has 5 nitrogen and oxygen atoms in total. The lowest BCUT2D eigenvalue weighted by Crippen LogP contribution is -2.13. The van der Waals surface area contributed by atoms with Crippen molar-refractivity contribution in [3.63, 3.8) is 0 Å². The zero-order valence-corrected chi connectivity index (χ0v) is 7.89. The van der Waals surface area contributed by atoms with E-state index >= 15 is 0 Å². The number of non-ortho nitro benzene ring substituents is 1. The fourth-order valence-corrected chi connectivity index (χ4v) is 1.22. The van der Waals surface area contributed by atoms with Crippen molar-refractivity contribution in [2.75, 3.05) is 6.61 Å². The van der Waals surface area contributed by atoms with Crippen LogP contribution >= 0.6 is 0 Å². The molecule has 0 bridgehead atoms. The van der Waals surface area contributed by atoms with E-state index in [1.807, 2.05) is 0 Å². The zero-order valence-electron chi connectivity index (χ0n) is 7.89. The van der Waals surface area contributed by atoms with Gasteiger partial charge in [-0.05, 0) is 12.5 Å². The molecule has 15 heavy (non-hydrogen) atoms. The van der Waals surface area contributed by atoms with Crippen molar-refractivity contribution in [3.8, 4) is 0 Å². The average Bonchev–Trinajstić information content (AvgIpc) is 2.17. The number of benzene rings is 1. The number of nitro groups is 1. The van der Waals surface area contributed by atoms with Crippen LogP contribution in [0.5, 0.6) is 0 Å². The summed E-state index contributed by atoms with van der Waals surface area (Å²) < 4.78 is 13.3. The Morgan fingerprint density at radius 3 is 2.73 bits per heavy atom. The highest BCUT2D eigenvalue weighted by Crippen LogP contribution is 2.22. The first-order valence-corrected chi connectivity index (χ1v) is 4.36. The van der Waals surface area contributed by atoms with Crippen molar-refractivity contribution < 1.29 is 14.4 Å². The van der Waals surface area contributed by atoms with Gasteiger partial charge in [0.1, 0.15) is 5.82 Å². The molecular weight excluding hydrogens is 203 g/mol. The van der Waals surface area contributed by atoms with Gasteiger partial charge in [0, 0.05) is 24.3 Å². The normalized spacial score (nSPS) is 12.5. The first kappa shape index (κ1) is 11.5. The number of nitrogens with two attached hydrogens (primary N) is 1. The van der Waals surface area contributed by atoms with Crippen LogP contribution < -0.4 is 5.73 Å². The van der Waals surface area contributed by atoms with Gasteiger partial charge in [0.05, 0.1) is 11.0 Å². The quantitative estimate of drug-likeness (QED) is 0.580. The number of hydrogen-bond donors (Lipinski definition) is 2. The van der Waals surface area contributed by atoms with Crippen LogP contribution in [0.15, 0.2) is 18.2 Å². The van der Waals surface area contributed by atoms with Crippen molar-refractivity contribution in [1.29, 1.82) is 0 Å². The number of aliphatic hydroxyl groups excluding tert-OH is 1. The Balaban J connectivity index is 2.97. The molecule has 0 aliphatic heterocycles. The third kappa shape index (κ3) is 2.71. The molecule has 0 spiro atoms. The van der Waals surface area contributed by atoms with Gasteiger partial charge in [-0.15, -0.1) is 0 Å². The van der Waals surface area contributed by atoms with Crippen molar-refractivity contribution in [1.82, 2.24) is 0 Å². The van der Waals surface area contributed by atoms with E-state index in [0.29, 0.717) is 0 Å². The smallest absolute Gasteiger partial charge is 0.272 e. The first-order chi connectivity index (χ1) is 7.06. The standard InChI is InChI=1S/C9H11FN2O3/c10-8-5-6(12(14)15)1-2-7(8)9(11)3-4-13/h1-2,5,9,13H,3-4,11H2. The summed E-state index contributed by atoms with van der Waals surface area (Å²) in [4.78, 5) is 9.65. The summed E-state index contributed by atoms with van der Waals surface area (Å²) in [5, 5.41) is 18.9. The summed E-state index contributed by atoms with van der Waals surface area (Å²) in [5.41, 5.74) is 5.43. The fourth-order valence-electron chi connectivity index (χ4n) is 1.22. The van der Waals surface area contributed by atoms with Crippen LogP contribution in [0, 0.1) is 15.9 Å². The maximum absolute atomic E-state index is 13.3. The monoisotopic (exact) mass is 214 g/mol. The highest BCUT2D eigenvalue weighted by Gasteiger charge is 2.15. The number of rotatable bonds is 4. The van der Waals surface area contributed by atoms with Crippen LogP contribution in [0.1, 0.15) is 18.0 Å². The van der Waals surface area contributed by atoms with Gasteiger partial charge < -0.3 is 10.8 Å². The largest absolute Gasteiger partial charge is 0.396 e. The van der Waals surface area contributed by atoms with Gasteiger partial charge in [0.25, 0.3) is 5.69 Å². The highest BCUT2D eigenvalue weighted by atomic mass is 19.1. The lowest BCUT2D eigenvalue weighted by Gasteiger charge is -2.10. The molecule has 0 saturated heterocycles. The number of aliphatic hydroxyl groups is 1. The van der Waals surface area contributed by atoms with Crippen LogP contribution in [0.3, 0.4) is 0 Å². The van der Waals surface area contributed by atoms with Crippen molar-refractivity contribution in [3.05, 3.63) is 39.7 Å². The summed E-state index contributed by atoms with van der Waals surface area (Å²) in [6.45, 7) is -0.155. The molecule has 82 valence electrons. The van der Waals surface area contributed by atoms with Crippen LogP contribution in [-0.2, 0) is 0 Å². The molecule has 1 atom stereocenters.